The second-order valence-corrected chi connectivity index (χ2v) is 7.33. The summed E-state index contributed by atoms with van der Waals surface area (Å²) in [6, 6.07) is 0.605. The lowest BCUT2D eigenvalue weighted by Crippen LogP contribution is -2.47. The summed E-state index contributed by atoms with van der Waals surface area (Å²) in [5, 5.41) is 7.17. The van der Waals surface area contributed by atoms with Gasteiger partial charge in [0.25, 0.3) is 0 Å². The van der Waals surface area contributed by atoms with Crippen molar-refractivity contribution in [3.05, 3.63) is 0 Å². The van der Waals surface area contributed by atoms with E-state index in [1.54, 1.807) is 7.11 Å². The van der Waals surface area contributed by atoms with Crippen molar-refractivity contribution in [1.82, 2.24) is 15.5 Å². The summed E-state index contributed by atoms with van der Waals surface area (Å²) in [6.07, 6.45) is 7.78. The Morgan fingerprint density at radius 2 is 1.79 bits per heavy atom. The van der Waals surface area contributed by atoms with E-state index < -0.39 is 0 Å². The van der Waals surface area contributed by atoms with E-state index in [4.69, 9.17) is 4.74 Å². The first kappa shape index (κ1) is 22.0. The Labute approximate surface area is 165 Å². The number of nitrogens with zero attached hydrogens (tertiary/aromatic N) is 2. The molecule has 2 N–H and O–H groups in total. The standard InChI is InChI=1S/C18H36N4O.HI/c1-15-4-6-17(7-5-15)21-18(19-2)20-14-16-8-10-22(11-9-16)12-13-23-3;/h15-17H,4-14H2,1-3H3,(H2,19,20,21);1H. The first-order chi connectivity index (χ1) is 11.2. The van der Waals surface area contributed by atoms with Gasteiger partial charge >= 0.3 is 0 Å². The van der Waals surface area contributed by atoms with E-state index in [1.807, 2.05) is 7.05 Å². The van der Waals surface area contributed by atoms with Crippen LogP contribution in [0.2, 0.25) is 0 Å². The number of ether oxygens (including phenoxy) is 1. The van der Waals surface area contributed by atoms with Crippen molar-refractivity contribution in [3.8, 4) is 0 Å². The second kappa shape index (κ2) is 12.3. The van der Waals surface area contributed by atoms with Gasteiger partial charge in [0, 0.05) is 33.3 Å². The van der Waals surface area contributed by atoms with Crippen LogP contribution in [0.25, 0.3) is 0 Å². The zero-order chi connectivity index (χ0) is 16.5. The van der Waals surface area contributed by atoms with Gasteiger partial charge in [-0.2, -0.15) is 0 Å². The molecule has 1 aliphatic carbocycles. The summed E-state index contributed by atoms with van der Waals surface area (Å²) < 4.78 is 5.17. The van der Waals surface area contributed by atoms with E-state index in [0.29, 0.717) is 6.04 Å². The maximum absolute atomic E-state index is 5.17. The van der Waals surface area contributed by atoms with Crippen LogP contribution in [0.4, 0.5) is 0 Å². The summed E-state index contributed by atoms with van der Waals surface area (Å²) >= 11 is 0. The minimum Gasteiger partial charge on any atom is -0.383 e. The molecule has 0 aromatic rings. The van der Waals surface area contributed by atoms with Gasteiger partial charge in [-0.1, -0.05) is 6.92 Å². The fraction of sp³-hybridized carbons (Fsp3) is 0.944. The van der Waals surface area contributed by atoms with Crippen LogP contribution in [0.5, 0.6) is 0 Å². The summed E-state index contributed by atoms with van der Waals surface area (Å²) in [7, 11) is 3.66. The SMILES string of the molecule is CN=C(NCC1CCN(CCOC)CC1)NC1CCC(C)CC1.I. The van der Waals surface area contributed by atoms with Gasteiger partial charge in [0.05, 0.1) is 6.61 Å². The molecule has 0 atom stereocenters. The molecule has 0 radical (unpaired) electrons. The normalized spacial score (nSPS) is 26.7. The van der Waals surface area contributed by atoms with Crippen molar-refractivity contribution >= 4 is 29.9 Å². The number of methoxy groups -OCH3 is 1. The molecule has 0 bridgehead atoms. The average Bonchev–Trinajstić information content (AvgIpc) is 2.59. The molecule has 6 heteroatoms. The van der Waals surface area contributed by atoms with E-state index in [1.165, 1.54) is 51.6 Å². The summed E-state index contributed by atoms with van der Waals surface area (Å²) in [5.41, 5.74) is 0. The van der Waals surface area contributed by atoms with Gasteiger partial charge in [-0.3, -0.25) is 4.99 Å². The van der Waals surface area contributed by atoms with Crippen LogP contribution in [0.15, 0.2) is 4.99 Å². The van der Waals surface area contributed by atoms with Crippen molar-refractivity contribution in [2.24, 2.45) is 16.8 Å². The molecule has 5 nitrogen and oxygen atoms in total. The fourth-order valence-electron chi connectivity index (χ4n) is 3.67. The molecular weight excluding hydrogens is 415 g/mol. The highest BCUT2D eigenvalue weighted by atomic mass is 127. The topological polar surface area (TPSA) is 48.9 Å². The zero-order valence-electron chi connectivity index (χ0n) is 15.7. The molecule has 0 amide bonds. The van der Waals surface area contributed by atoms with Gasteiger partial charge in [0.15, 0.2) is 5.96 Å². The largest absolute Gasteiger partial charge is 0.383 e. The number of nitrogens with one attached hydrogen (secondary N) is 2. The Morgan fingerprint density at radius 1 is 1.12 bits per heavy atom. The summed E-state index contributed by atoms with van der Waals surface area (Å²) in [4.78, 5) is 6.92. The lowest BCUT2D eigenvalue weighted by atomic mass is 9.87. The van der Waals surface area contributed by atoms with Crippen LogP contribution in [-0.2, 0) is 4.74 Å². The number of aliphatic imine (C=N–C) groups is 1. The van der Waals surface area contributed by atoms with Gasteiger partial charge in [0.1, 0.15) is 0 Å². The van der Waals surface area contributed by atoms with E-state index in [-0.39, 0.29) is 24.0 Å². The molecular formula is C18H37IN4O. The van der Waals surface area contributed by atoms with Crippen LogP contribution >= 0.6 is 24.0 Å². The van der Waals surface area contributed by atoms with E-state index in [2.05, 4.69) is 27.4 Å². The summed E-state index contributed by atoms with van der Waals surface area (Å²) in [5.74, 6) is 2.65. The third-order valence-electron chi connectivity index (χ3n) is 5.46. The van der Waals surface area contributed by atoms with Gasteiger partial charge < -0.3 is 20.3 Å². The first-order valence-corrected chi connectivity index (χ1v) is 9.39. The van der Waals surface area contributed by atoms with Gasteiger partial charge in [-0.25, -0.2) is 0 Å². The molecule has 0 aromatic carbocycles. The molecule has 24 heavy (non-hydrogen) atoms. The molecule has 1 aliphatic heterocycles. The van der Waals surface area contributed by atoms with Crippen LogP contribution in [0.3, 0.4) is 0 Å². The number of halogens is 1. The Morgan fingerprint density at radius 3 is 2.38 bits per heavy atom. The number of hydrogen-bond acceptors (Lipinski definition) is 3. The molecule has 142 valence electrons. The molecule has 0 aromatic heterocycles. The molecule has 1 heterocycles. The molecule has 0 unspecified atom stereocenters. The van der Waals surface area contributed by atoms with E-state index in [0.717, 1.165) is 37.5 Å². The number of guanidine groups is 1. The third kappa shape index (κ3) is 7.87. The first-order valence-electron chi connectivity index (χ1n) is 9.39. The smallest absolute Gasteiger partial charge is 0.191 e. The number of piperidine rings is 1. The van der Waals surface area contributed by atoms with Crippen molar-refractivity contribution in [2.45, 2.75) is 51.5 Å². The monoisotopic (exact) mass is 452 g/mol. The van der Waals surface area contributed by atoms with Crippen LogP contribution in [0, 0.1) is 11.8 Å². The van der Waals surface area contributed by atoms with E-state index >= 15 is 0 Å². The lowest BCUT2D eigenvalue weighted by molar-refractivity contribution is 0.120. The fourth-order valence-corrected chi connectivity index (χ4v) is 3.67. The Bertz CT molecular complexity index is 351. The Kier molecular flexibility index (Phi) is 11.3. The average molecular weight is 452 g/mol. The second-order valence-electron chi connectivity index (χ2n) is 7.33. The molecule has 1 saturated carbocycles. The van der Waals surface area contributed by atoms with Gasteiger partial charge in [0.2, 0.25) is 0 Å². The van der Waals surface area contributed by atoms with Gasteiger partial charge in [-0.15, -0.1) is 24.0 Å². The number of hydrogen-bond donors (Lipinski definition) is 2. The van der Waals surface area contributed by atoms with Crippen LogP contribution in [-0.4, -0.2) is 63.8 Å². The maximum Gasteiger partial charge on any atom is 0.191 e. The predicted octanol–water partition coefficient (Wildman–Crippen LogP) is 2.71. The molecule has 2 rings (SSSR count). The summed E-state index contributed by atoms with van der Waals surface area (Å²) in [6.45, 7) is 7.72. The molecule has 0 spiro atoms. The van der Waals surface area contributed by atoms with Gasteiger partial charge in [-0.05, 0) is 63.5 Å². The Balaban J connectivity index is 0.00000288. The number of likely N-dealkylation sites (tertiary alicyclic amines) is 1. The van der Waals surface area contributed by atoms with Crippen molar-refractivity contribution in [3.63, 3.8) is 0 Å². The molecule has 2 fully saturated rings. The van der Waals surface area contributed by atoms with E-state index in [9.17, 15) is 0 Å². The lowest BCUT2D eigenvalue weighted by Gasteiger charge is -2.32. The zero-order valence-corrected chi connectivity index (χ0v) is 18.1. The van der Waals surface area contributed by atoms with Crippen molar-refractivity contribution < 1.29 is 4.74 Å². The Hall–Kier alpha value is -0.0800. The minimum absolute atomic E-state index is 0. The molecule has 1 saturated heterocycles. The maximum atomic E-state index is 5.17. The van der Waals surface area contributed by atoms with Crippen LogP contribution in [0.1, 0.15) is 45.4 Å². The highest BCUT2D eigenvalue weighted by molar-refractivity contribution is 14.0. The van der Waals surface area contributed by atoms with Crippen LogP contribution < -0.4 is 10.6 Å². The molecule has 2 aliphatic rings. The highest BCUT2D eigenvalue weighted by Gasteiger charge is 2.21. The third-order valence-corrected chi connectivity index (χ3v) is 5.46. The highest BCUT2D eigenvalue weighted by Crippen LogP contribution is 2.23. The number of rotatable bonds is 6. The predicted molar refractivity (Wildman–Crippen MR) is 112 cm³/mol. The minimum atomic E-state index is 0. The quantitative estimate of drug-likeness (QED) is 0.370. The van der Waals surface area contributed by atoms with Crippen molar-refractivity contribution in [2.75, 3.05) is 46.9 Å². The van der Waals surface area contributed by atoms with Crippen molar-refractivity contribution in [1.29, 1.82) is 0 Å².